The number of rotatable bonds is 3. The minimum absolute atomic E-state index is 0.821. The lowest BCUT2D eigenvalue weighted by atomic mass is 10.7. The van der Waals surface area contributed by atoms with E-state index in [-0.39, 0.29) is 0 Å². The molecule has 6 heteroatoms. The summed E-state index contributed by atoms with van der Waals surface area (Å²) in [6, 6.07) is 0. The first-order chi connectivity index (χ1) is 4.45. The van der Waals surface area contributed by atoms with Gasteiger partial charge in [0.1, 0.15) is 0 Å². The van der Waals surface area contributed by atoms with E-state index in [1.807, 2.05) is 0 Å². The van der Waals surface area contributed by atoms with Crippen LogP contribution in [-0.2, 0) is 9.09 Å². The third-order valence-corrected chi connectivity index (χ3v) is 1.19. The summed E-state index contributed by atoms with van der Waals surface area (Å²) >= 11 is 0. The van der Waals surface area contributed by atoms with Crippen LogP contribution in [0.4, 0.5) is 13.2 Å². The molecule has 0 aromatic carbocycles. The molecule has 0 heterocycles. The van der Waals surface area contributed by atoms with E-state index in [1.165, 1.54) is 0 Å². The molecule has 0 aliphatic rings. The summed E-state index contributed by atoms with van der Waals surface area (Å²) in [6.07, 6.45) is -4.42. The summed E-state index contributed by atoms with van der Waals surface area (Å²) in [7, 11) is -2.35. The van der Waals surface area contributed by atoms with Gasteiger partial charge in [0.15, 0.2) is 12.4 Å². The second kappa shape index (κ2) is 3.68. The van der Waals surface area contributed by atoms with Crippen LogP contribution < -0.4 is 0 Å². The summed E-state index contributed by atoms with van der Waals surface area (Å²) in [5.74, 6) is 0.821. The molecule has 0 aliphatic heterocycles. The van der Waals surface area contributed by atoms with Crippen LogP contribution in [0.2, 0.25) is 0 Å². The molecule has 0 aromatic rings. The highest BCUT2D eigenvalue weighted by molar-refractivity contribution is 7.42. The molecule has 0 N–H and O–H groups in total. The largest absolute Gasteiger partial charge is 0.540 e. The average molecular weight is 173 g/mol. The zero-order valence-corrected chi connectivity index (χ0v) is 5.78. The van der Waals surface area contributed by atoms with E-state index in [9.17, 15) is 17.7 Å². The minimum atomic E-state index is -4.42. The van der Waals surface area contributed by atoms with Crippen molar-refractivity contribution in [2.24, 2.45) is 0 Å². The van der Waals surface area contributed by atoms with Crippen LogP contribution >= 0.6 is 8.03 Å². The molecule has 0 aromatic heterocycles. The molecule has 0 rings (SSSR count). The van der Waals surface area contributed by atoms with Crippen molar-refractivity contribution in [1.29, 1.82) is 0 Å². The van der Waals surface area contributed by atoms with Crippen LogP contribution in [-0.4, -0.2) is 12.8 Å². The molecule has 0 radical (unpaired) electrons. The standard InChI is InChI=1S/C4H5F3O2P/c1-2-10(8)9-3-4(5,6)7/h2H,1,3H2/q+1. The van der Waals surface area contributed by atoms with Crippen molar-refractivity contribution in [3.8, 4) is 0 Å². The molecule has 58 valence electrons. The maximum atomic E-state index is 11.3. The number of hydrogen-bond donors (Lipinski definition) is 0. The molecule has 2 nitrogen and oxygen atoms in total. The summed E-state index contributed by atoms with van der Waals surface area (Å²) in [5, 5.41) is 0. The molecule has 0 aliphatic carbocycles. The highest BCUT2D eigenvalue weighted by atomic mass is 31.1. The van der Waals surface area contributed by atoms with E-state index < -0.39 is 20.8 Å². The van der Waals surface area contributed by atoms with Gasteiger partial charge in [0.2, 0.25) is 0 Å². The van der Waals surface area contributed by atoms with Crippen LogP contribution in [0.25, 0.3) is 0 Å². The Morgan fingerprint density at radius 2 is 2.10 bits per heavy atom. The fourth-order valence-corrected chi connectivity index (χ4v) is 0.569. The van der Waals surface area contributed by atoms with E-state index in [4.69, 9.17) is 0 Å². The van der Waals surface area contributed by atoms with Crippen LogP contribution in [0.15, 0.2) is 12.4 Å². The molecule has 1 atom stereocenters. The Morgan fingerprint density at radius 1 is 1.60 bits per heavy atom. The van der Waals surface area contributed by atoms with Crippen molar-refractivity contribution < 1.29 is 22.3 Å². The molecule has 0 spiro atoms. The third kappa shape index (κ3) is 5.72. The van der Waals surface area contributed by atoms with Crippen molar-refractivity contribution >= 4 is 8.03 Å². The Kier molecular flexibility index (Phi) is 3.53. The quantitative estimate of drug-likeness (QED) is 0.612. The average Bonchev–Trinajstić information content (AvgIpc) is 1.81. The monoisotopic (exact) mass is 173 g/mol. The second-order valence-corrected chi connectivity index (χ2v) is 2.55. The fraction of sp³-hybridized carbons (Fsp3) is 0.500. The summed E-state index contributed by atoms with van der Waals surface area (Å²) in [4.78, 5) is 0. The van der Waals surface area contributed by atoms with Gasteiger partial charge in [0, 0.05) is 0 Å². The van der Waals surface area contributed by atoms with Crippen molar-refractivity contribution in [3.63, 3.8) is 0 Å². The predicted octanol–water partition coefficient (Wildman–Crippen LogP) is 2.45. The van der Waals surface area contributed by atoms with Gasteiger partial charge in [0.05, 0.1) is 0 Å². The lowest BCUT2D eigenvalue weighted by Crippen LogP contribution is -2.14. The molecule has 0 saturated carbocycles. The van der Waals surface area contributed by atoms with Gasteiger partial charge < -0.3 is 0 Å². The summed E-state index contributed by atoms with van der Waals surface area (Å²) < 4.78 is 47.8. The van der Waals surface area contributed by atoms with Gasteiger partial charge in [-0.1, -0.05) is 0 Å². The molecule has 10 heavy (non-hydrogen) atoms. The summed E-state index contributed by atoms with van der Waals surface area (Å²) in [5.41, 5.74) is 0. The van der Waals surface area contributed by atoms with Crippen molar-refractivity contribution in [2.45, 2.75) is 6.18 Å². The maximum absolute atomic E-state index is 11.3. The first-order valence-electron chi connectivity index (χ1n) is 2.24. The summed E-state index contributed by atoms with van der Waals surface area (Å²) in [6.45, 7) is 1.49. The fourth-order valence-electron chi connectivity index (χ4n) is 0.190. The van der Waals surface area contributed by atoms with Gasteiger partial charge in [-0.3, -0.25) is 0 Å². The van der Waals surface area contributed by atoms with E-state index in [2.05, 4.69) is 11.1 Å². The van der Waals surface area contributed by atoms with E-state index in [0.29, 0.717) is 0 Å². The van der Waals surface area contributed by atoms with Crippen molar-refractivity contribution in [1.82, 2.24) is 0 Å². The second-order valence-electron chi connectivity index (χ2n) is 1.36. The van der Waals surface area contributed by atoms with Crippen molar-refractivity contribution in [3.05, 3.63) is 12.4 Å². The van der Waals surface area contributed by atoms with Crippen LogP contribution in [0, 0.1) is 0 Å². The van der Waals surface area contributed by atoms with Crippen LogP contribution in [0.5, 0.6) is 0 Å². The zero-order valence-electron chi connectivity index (χ0n) is 4.89. The predicted molar refractivity (Wildman–Crippen MR) is 29.8 cm³/mol. The van der Waals surface area contributed by atoms with Crippen LogP contribution in [0.3, 0.4) is 0 Å². The SMILES string of the molecule is C=C[P+](=O)OCC(F)(F)F. The third-order valence-electron chi connectivity index (χ3n) is 0.505. The number of hydrogen-bond acceptors (Lipinski definition) is 2. The van der Waals surface area contributed by atoms with Crippen LogP contribution in [0.1, 0.15) is 0 Å². The highest BCUT2D eigenvalue weighted by Crippen LogP contribution is 2.26. The number of alkyl halides is 3. The number of halogens is 3. The maximum Gasteiger partial charge on any atom is 0.540 e. The highest BCUT2D eigenvalue weighted by Gasteiger charge is 2.32. The van der Waals surface area contributed by atoms with E-state index >= 15 is 0 Å². The first-order valence-corrected chi connectivity index (χ1v) is 3.49. The molecule has 0 amide bonds. The Labute approximate surface area is 56.5 Å². The van der Waals surface area contributed by atoms with Gasteiger partial charge in [-0.15, -0.1) is 4.52 Å². The smallest absolute Gasteiger partial charge is 0.168 e. The van der Waals surface area contributed by atoms with Gasteiger partial charge >= 0.3 is 14.2 Å². The van der Waals surface area contributed by atoms with E-state index in [1.54, 1.807) is 0 Å². The molecule has 0 fully saturated rings. The van der Waals surface area contributed by atoms with E-state index in [0.717, 1.165) is 5.82 Å². The molecule has 0 bridgehead atoms. The first kappa shape index (κ1) is 9.59. The lowest BCUT2D eigenvalue weighted by molar-refractivity contribution is -0.152. The Balaban J connectivity index is 3.55. The molecule has 0 saturated heterocycles. The lowest BCUT2D eigenvalue weighted by Gasteiger charge is -1.97. The van der Waals surface area contributed by atoms with Crippen molar-refractivity contribution in [2.75, 3.05) is 6.61 Å². The van der Waals surface area contributed by atoms with Gasteiger partial charge in [-0.25, -0.2) is 0 Å². The normalized spacial score (nSPS) is 12.9. The molecule has 1 unspecified atom stereocenters. The minimum Gasteiger partial charge on any atom is -0.168 e. The molecular weight excluding hydrogens is 168 g/mol. The van der Waals surface area contributed by atoms with Gasteiger partial charge in [0.25, 0.3) is 0 Å². The Hall–Kier alpha value is -0.410. The Bertz CT molecular complexity index is 142. The topological polar surface area (TPSA) is 26.3 Å². The zero-order chi connectivity index (χ0) is 8.20. The molecular formula is C4H5F3O2P+. The van der Waals surface area contributed by atoms with Gasteiger partial charge in [-0.2, -0.15) is 13.2 Å². The van der Waals surface area contributed by atoms with Gasteiger partial charge in [-0.05, 0) is 11.1 Å². The Morgan fingerprint density at radius 3 is 2.40 bits per heavy atom.